The number of primary amides is 1. The Morgan fingerprint density at radius 3 is 2.14 bits per heavy atom. The van der Waals surface area contributed by atoms with Gasteiger partial charge in [-0.05, 0) is 24.3 Å². The molecule has 0 radical (unpaired) electrons. The lowest BCUT2D eigenvalue weighted by Crippen LogP contribution is -2.43. The van der Waals surface area contributed by atoms with E-state index >= 15 is 0 Å². The van der Waals surface area contributed by atoms with Gasteiger partial charge in [-0.2, -0.15) is 18.5 Å². The third kappa shape index (κ3) is 3.47. The van der Waals surface area contributed by atoms with Crippen LogP contribution in [0.25, 0.3) is 0 Å². The van der Waals surface area contributed by atoms with Crippen molar-refractivity contribution in [2.75, 3.05) is 5.01 Å². The van der Waals surface area contributed by atoms with Gasteiger partial charge in [-0.15, -0.1) is 0 Å². The molecule has 1 unspecified atom stereocenters. The van der Waals surface area contributed by atoms with Gasteiger partial charge in [0.25, 0.3) is 21.9 Å². The molecule has 0 saturated carbocycles. The van der Waals surface area contributed by atoms with Crippen molar-refractivity contribution in [3.05, 3.63) is 24.3 Å². The number of benzene rings is 1. The van der Waals surface area contributed by atoms with Crippen LogP contribution in [0.15, 0.2) is 34.3 Å². The molecule has 22 heavy (non-hydrogen) atoms. The smallest absolute Gasteiger partial charge is 0.294 e. The molecule has 5 N–H and O–H groups in total. The summed E-state index contributed by atoms with van der Waals surface area (Å²) in [5.41, 5.74) is 10.4. The Morgan fingerprint density at radius 2 is 1.77 bits per heavy atom. The van der Waals surface area contributed by atoms with Crippen LogP contribution in [0.3, 0.4) is 0 Å². The number of hydrogen-bond acceptors (Lipinski definition) is 6. The van der Waals surface area contributed by atoms with Crippen LogP contribution in [0.2, 0.25) is 0 Å². The van der Waals surface area contributed by atoms with E-state index in [1.165, 1.54) is 12.1 Å². The summed E-state index contributed by atoms with van der Waals surface area (Å²) in [5, 5.41) is 4.55. The summed E-state index contributed by atoms with van der Waals surface area (Å²) in [6, 6.07) is 3.39. The number of nitrogens with two attached hydrogens (primary N) is 2. The van der Waals surface area contributed by atoms with Gasteiger partial charge in [0.05, 0.1) is 10.6 Å². The molecule has 0 bridgehead atoms. The maximum atomic E-state index is 11.8. The minimum atomic E-state index is -4.33. The predicted octanol–water partition coefficient (Wildman–Crippen LogP) is -0.525. The van der Waals surface area contributed by atoms with Crippen LogP contribution >= 0.6 is 0 Å². The zero-order chi connectivity index (χ0) is 17.1. The van der Waals surface area contributed by atoms with Crippen molar-refractivity contribution < 1.29 is 22.6 Å². The first-order valence-electron chi connectivity index (χ1n) is 6.27. The van der Waals surface area contributed by atoms with Crippen molar-refractivity contribution in [3.8, 4) is 0 Å². The first kappa shape index (κ1) is 17.8. The van der Waals surface area contributed by atoms with Crippen LogP contribution in [-0.4, -0.2) is 36.5 Å². The van der Waals surface area contributed by atoms with E-state index in [4.69, 9.17) is 16.0 Å². The van der Waals surface area contributed by atoms with E-state index in [0.717, 1.165) is 17.1 Å². The summed E-state index contributed by atoms with van der Waals surface area (Å²) < 4.78 is 30.6. The molecule has 1 aromatic carbocycles. The lowest BCUT2D eigenvalue weighted by Gasteiger charge is -2.12. The summed E-state index contributed by atoms with van der Waals surface area (Å²) in [4.78, 5) is 22.5. The van der Waals surface area contributed by atoms with E-state index in [9.17, 15) is 18.0 Å². The molecule has 2 rings (SSSR count). The van der Waals surface area contributed by atoms with Crippen LogP contribution in [0, 0.1) is 0 Å². The Bertz CT molecular complexity index is 712. The molecule has 1 aromatic rings. The Kier molecular flexibility index (Phi) is 5.36. The van der Waals surface area contributed by atoms with Crippen LogP contribution in [-0.2, 0) is 19.7 Å². The molecule has 1 aliphatic rings. The Balaban J connectivity index is 0.00000116. The van der Waals surface area contributed by atoms with Crippen LogP contribution < -0.4 is 16.5 Å². The van der Waals surface area contributed by atoms with E-state index in [1.54, 1.807) is 0 Å². The Labute approximate surface area is 127 Å². The second-order valence-electron chi connectivity index (χ2n) is 3.95. The zero-order valence-electron chi connectivity index (χ0n) is 11.9. The summed E-state index contributed by atoms with van der Waals surface area (Å²) >= 11 is 0. The number of anilines is 1. The van der Waals surface area contributed by atoms with Crippen molar-refractivity contribution in [1.82, 2.24) is 0 Å². The molecule has 120 valence electrons. The number of hydrogen-bond donors (Lipinski definition) is 3. The molecule has 1 atom stereocenters. The SMILES string of the molecule is CC.NC(=O)C1=NN(c2ccc(S(=O)(=O)O)cc2)C(=O)C1N. The maximum absolute atomic E-state index is 11.8. The van der Waals surface area contributed by atoms with Gasteiger partial charge in [-0.3, -0.25) is 14.1 Å². The third-order valence-electron chi connectivity index (χ3n) is 2.61. The van der Waals surface area contributed by atoms with Crippen molar-refractivity contribution in [1.29, 1.82) is 0 Å². The minimum Gasteiger partial charge on any atom is -0.364 e. The fraction of sp³-hybridized carbons (Fsp3) is 0.250. The standard InChI is InChI=1S/C10H10N4O5S.C2H6/c11-7-8(9(12)15)13-14(10(7)16)5-1-3-6(4-2-5)20(17,18)19;1-2/h1-4,7H,11H2,(H2,12,15)(H,17,18,19);1-2H3. The normalized spacial score (nSPS) is 17.6. The number of amides is 2. The zero-order valence-corrected chi connectivity index (χ0v) is 12.7. The molecular formula is C12H16N4O5S. The van der Waals surface area contributed by atoms with Gasteiger partial charge in [-0.1, -0.05) is 13.8 Å². The molecule has 0 aliphatic carbocycles. The first-order chi connectivity index (χ1) is 10.2. The Morgan fingerprint density at radius 1 is 1.27 bits per heavy atom. The fourth-order valence-electron chi connectivity index (χ4n) is 1.61. The number of carbonyl (C=O) groups excluding carboxylic acids is 2. The van der Waals surface area contributed by atoms with Gasteiger partial charge in [0, 0.05) is 0 Å². The number of hydrazone groups is 1. The molecule has 9 nitrogen and oxygen atoms in total. The summed E-state index contributed by atoms with van der Waals surface area (Å²) in [6.07, 6.45) is 0. The van der Waals surface area contributed by atoms with E-state index in [-0.39, 0.29) is 16.3 Å². The predicted molar refractivity (Wildman–Crippen MR) is 79.7 cm³/mol. The lowest BCUT2D eigenvalue weighted by atomic mass is 10.2. The third-order valence-corrected chi connectivity index (χ3v) is 3.48. The maximum Gasteiger partial charge on any atom is 0.294 e. The molecule has 0 fully saturated rings. The highest BCUT2D eigenvalue weighted by Gasteiger charge is 2.36. The van der Waals surface area contributed by atoms with E-state index in [0.29, 0.717) is 0 Å². The highest BCUT2D eigenvalue weighted by Crippen LogP contribution is 2.22. The van der Waals surface area contributed by atoms with Crippen molar-refractivity contribution in [2.45, 2.75) is 24.8 Å². The molecule has 0 spiro atoms. The molecule has 0 saturated heterocycles. The largest absolute Gasteiger partial charge is 0.364 e. The molecule has 0 aromatic heterocycles. The molecule has 2 amide bonds. The molecule has 1 aliphatic heterocycles. The highest BCUT2D eigenvalue weighted by molar-refractivity contribution is 7.85. The topological polar surface area (TPSA) is 156 Å². The van der Waals surface area contributed by atoms with Gasteiger partial charge in [0.15, 0.2) is 5.71 Å². The van der Waals surface area contributed by atoms with E-state index < -0.39 is 28.0 Å². The van der Waals surface area contributed by atoms with Gasteiger partial charge in [-0.25, -0.2) is 0 Å². The van der Waals surface area contributed by atoms with Crippen molar-refractivity contribution in [2.24, 2.45) is 16.6 Å². The average molecular weight is 328 g/mol. The number of carbonyl (C=O) groups is 2. The van der Waals surface area contributed by atoms with E-state index in [2.05, 4.69) is 5.10 Å². The van der Waals surface area contributed by atoms with Gasteiger partial charge in [0.2, 0.25) is 0 Å². The Hall–Kier alpha value is -2.30. The van der Waals surface area contributed by atoms with E-state index in [1.807, 2.05) is 13.8 Å². The van der Waals surface area contributed by atoms with Crippen molar-refractivity contribution >= 4 is 33.3 Å². The molecule has 10 heteroatoms. The lowest BCUT2D eigenvalue weighted by molar-refractivity contribution is -0.118. The quantitative estimate of drug-likeness (QED) is 0.633. The van der Waals surface area contributed by atoms with Gasteiger partial charge >= 0.3 is 0 Å². The number of nitrogens with zero attached hydrogens (tertiary/aromatic N) is 2. The number of rotatable bonds is 3. The minimum absolute atomic E-state index is 0.189. The molecular weight excluding hydrogens is 312 g/mol. The van der Waals surface area contributed by atoms with Crippen LogP contribution in [0.1, 0.15) is 13.8 Å². The van der Waals surface area contributed by atoms with Crippen molar-refractivity contribution in [3.63, 3.8) is 0 Å². The van der Waals surface area contributed by atoms with Gasteiger partial charge < -0.3 is 11.5 Å². The summed E-state index contributed by atoms with van der Waals surface area (Å²) in [6.45, 7) is 4.00. The average Bonchev–Trinajstić information content (AvgIpc) is 2.77. The van der Waals surface area contributed by atoms with Gasteiger partial charge in [0.1, 0.15) is 6.04 Å². The van der Waals surface area contributed by atoms with Crippen LogP contribution in [0.4, 0.5) is 5.69 Å². The highest BCUT2D eigenvalue weighted by atomic mass is 32.2. The second kappa shape index (κ2) is 6.64. The van der Waals surface area contributed by atoms with Crippen LogP contribution in [0.5, 0.6) is 0 Å². The second-order valence-corrected chi connectivity index (χ2v) is 5.37. The monoisotopic (exact) mass is 328 g/mol. The summed E-state index contributed by atoms with van der Waals surface area (Å²) in [5.74, 6) is -1.58. The molecule has 1 heterocycles. The summed E-state index contributed by atoms with van der Waals surface area (Å²) in [7, 11) is -4.33. The fourth-order valence-corrected chi connectivity index (χ4v) is 2.09. The first-order valence-corrected chi connectivity index (χ1v) is 7.71.